The van der Waals surface area contributed by atoms with Crippen LogP contribution in [0.15, 0.2) is 12.7 Å². The third kappa shape index (κ3) is 1.84. The van der Waals surface area contributed by atoms with Gasteiger partial charge in [-0.1, -0.05) is 13.0 Å². The number of rotatable bonds is 5. The first-order valence-corrected chi connectivity index (χ1v) is 5.85. The molecule has 1 N–H and O–H groups in total. The summed E-state index contributed by atoms with van der Waals surface area (Å²) in [6, 6.07) is -0.630. The number of imide groups is 1. The topological polar surface area (TPSA) is 49.4 Å². The lowest BCUT2D eigenvalue weighted by molar-refractivity contribution is -0.128. The fourth-order valence-corrected chi connectivity index (χ4v) is 2.19. The molecule has 88 valence electrons. The number of nitrogens with one attached hydrogen (secondary N) is 1. The second kappa shape index (κ2) is 3.92. The molecule has 0 aromatic carbocycles. The van der Waals surface area contributed by atoms with Gasteiger partial charge in [0.1, 0.15) is 6.04 Å². The highest BCUT2D eigenvalue weighted by molar-refractivity contribution is 6.04. The van der Waals surface area contributed by atoms with Gasteiger partial charge >= 0.3 is 6.03 Å². The molecule has 2 rings (SSSR count). The molecule has 1 heterocycles. The highest BCUT2D eigenvalue weighted by Crippen LogP contribution is 2.49. The van der Waals surface area contributed by atoms with Crippen molar-refractivity contribution < 1.29 is 9.59 Å². The summed E-state index contributed by atoms with van der Waals surface area (Å²) in [6.07, 6.45) is 5.48. The van der Waals surface area contributed by atoms with Gasteiger partial charge in [-0.25, -0.2) is 4.79 Å². The summed E-state index contributed by atoms with van der Waals surface area (Å²) in [6.45, 7) is 6.29. The third-order valence-corrected chi connectivity index (χ3v) is 3.71. The number of amides is 3. The van der Waals surface area contributed by atoms with Crippen LogP contribution in [0.5, 0.6) is 0 Å². The van der Waals surface area contributed by atoms with E-state index in [4.69, 9.17) is 0 Å². The monoisotopic (exact) mass is 222 g/mol. The molecule has 3 amide bonds. The molecule has 1 unspecified atom stereocenters. The van der Waals surface area contributed by atoms with Crippen LogP contribution in [0, 0.1) is 5.41 Å². The molecule has 2 fully saturated rings. The molecule has 16 heavy (non-hydrogen) atoms. The lowest BCUT2D eigenvalue weighted by atomic mass is 10.0. The van der Waals surface area contributed by atoms with Gasteiger partial charge < -0.3 is 5.32 Å². The van der Waals surface area contributed by atoms with E-state index in [-0.39, 0.29) is 17.4 Å². The van der Waals surface area contributed by atoms with E-state index in [1.165, 1.54) is 4.90 Å². The maximum Gasteiger partial charge on any atom is 0.324 e. The Bertz CT molecular complexity index is 334. The van der Waals surface area contributed by atoms with E-state index in [0.717, 1.165) is 19.3 Å². The van der Waals surface area contributed by atoms with Gasteiger partial charge in [0.15, 0.2) is 0 Å². The first-order valence-electron chi connectivity index (χ1n) is 5.85. The lowest BCUT2D eigenvalue weighted by Crippen LogP contribution is -2.36. The van der Waals surface area contributed by atoms with E-state index in [1.807, 2.05) is 0 Å². The van der Waals surface area contributed by atoms with Crippen LogP contribution in [0.3, 0.4) is 0 Å². The number of nitrogens with zero attached hydrogens (tertiary/aromatic N) is 1. The molecular formula is C12H18N2O2. The Morgan fingerprint density at radius 3 is 2.75 bits per heavy atom. The van der Waals surface area contributed by atoms with E-state index >= 15 is 0 Å². The van der Waals surface area contributed by atoms with Gasteiger partial charge in [-0.3, -0.25) is 9.69 Å². The molecule has 0 aromatic rings. The van der Waals surface area contributed by atoms with Crippen molar-refractivity contribution in [1.82, 2.24) is 10.2 Å². The van der Waals surface area contributed by atoms with E-state index < -0.39 is 6.04 Å². The standard InChI is InChI=1S/C12H18N2O2/c1-3-5-9-10(15)14(11(16)13-9)8-12(4-2)6-7-12/h3,9H,1,4-8H2,2H3,(H,13,16). The predicted octanol–water partition coefficient (Wildman–Crippen LogP) is 1.67. The summed E-state index contributed by atoms with van der Waals surface area (Å²) < 4.78 is 0. The molecular weight excluding hydrogens is 204 g/mol. The summed E-state index contributed by atoms with van der Waals surface area (Å²) >= 11 is 0. The minimum atomic E-state index is -0.391. The van der Waals surface area contributed by atoms with Crippen molar-refractivity contribution in [3.63, 3.8) is 0 Å². The Hall–Kier alpha value is -1.32. The van der Waals surface area contributed by atoms with Crippen molar-refractivity contribution in [1.29, 1.82) is 0 Å². The normalized spacial score (nSPS) is 26.8. The quantitative estimate of drug-likeness (QED) is 0.568. The van der Waals surface area contributed by atoms with Crippen LogP contribution in [0.4, 0.5) is 4.79 Å². The van der Waals surface area contributed by atoms with Gasteiger partial charge in [0.05, 0.1) is 0 Å². The van der Waals surface area contributed by atoms with Crippen LogP contribution < -0.4 is 5.32 Å². The lowest BCUT2D eigenvalue weighted by Gasteiger charge is -2.19. The molecule has 1 aliphatic carbocycles. The Morgan fingerprint density at radius 1 is 1.56 bits per heavy atom. The number of hydrogen-bond acceptors (Lipinski definition) is 2. The van der Waals surface area contributed by atoms with Crippen molar-refractivity contribution in [2.75, 3.05) is 6.54 Å². The van der Waals surface area contributed by atoms with Gasteiger partial charge in [0.2, 0.25) is 0 Å². The molecule has 1 saturated heterocycles. The Labute approximate surface area is 95.7 Å². The van der Waals surface area contributed by atoms with Gasteiger partial charge in [0, 0.05) is 6.54 Å². The first-order chi connectivity index (χ1) is 7.62. The van der Waals surface area contributed by atoms with Crippen molar-refractivity contribution >= 4 is 11.9 Å². The van der Waals surface area contributed by atoms with E-state index in [9.17, 15) is 9.59 Å². The fraction of sp³-hybridized carbons (Fsp3) is 0.667. The van der Waals surface area contributed by atoms with Gasteiger partial charge in [0.25, 0.3) is 5.91 Å². The van der Waals surface area contributed by atoms with Crippen molar-refractivity contribution in [2.45, 2.75) is 38.6 Å². The van der Waals surface area contributed by atoms with Crippen molar-refractivity contribution in [3.05, 3.63) is 12.7 Å². The maximum atomic E-state index is 11.9. The summed E-state index contributed by atoms with van der Waals surface area (Å²) in [5, 5.41) is 2.70. The minimum Gasteiger partial charge on any atom is -0.325 e. The largest absolute Gasteiger partial charge is 0.325 e. The van der Waals surface area contributed by atoms with Gasteiger partial charge in [-0.15, -0.1) is 6.58 Å². The van der Waals surface area contributed by atoms with Gasteiger partial charge in [-0.2, -0.15) is 0 Å². The van der Waals surface area contributed by atoms with E-state index in [0.29, 0.717) is 13.0 Å². The molecule has 2 aliphatic rings. The molecule has 1 aliphatic heterocycles. The average Bonchev–Trinajstić information content (AvgIpc) is 2.99. The Kier molecular flexibility index (Phi) is 2.74. The predicted molar refractivity (Wildman–Crippen MR) is 60.8 cm³/mol. The van der Waals surface area contributed by atoms with Gasteiger partial charge in [-0.05, 0) is 31.1 Å². The second-order valence-electron chi connectivity index (χ2n) is 4.80. The van der Waals surface area contributed by atoms with Crippen LogP contribution in [0.25, 0.3) is 0 Å². The molecule has 0 radical (unpaired) electrons. The zero-order chi connectivity index (χ0) is 11.8. The van der Waals surface area contributed by atoms with Crippen LogP contribution in [-0.4, -0.2) is 29.4 Å². The Morgan fingerprint density at radius 2 is 2.25 bits per heavy atom. The third-order valence-electron chi connectivity index (χ3n) is 3.71. The number of hydrogen-bond donors (Lipinski definition) is 1. The maximum absolute atomic E-state index is 11.9. The number of urea groups is 1. The van der Waals surface area contributed by atoms with Crippen molar-refractivity contribution in [3.8, 4) is 0 Å². The van der Waals surface area contributed by atoms with Crippen LogP contribution >= 0.6 is 0 Å². The molecule has 4 heteroatoms. The summed E-state index contributed by atoms with van der Waals surface area (Å²) in [5.74, 6) is -0.0929. The average molecular weight is 222 g/mol. The molecule has 0 aromatic heterocycles. The zero-order valence-corrected chi connectivity index (χ0v) is 9.66. The molecule has 0 bridgehead atoms. The SMILES string of the molecule is C=CCC1NC(=O)N(CC2(CC)CC2)C1=O. The summed E-state index contributed by atoms with van der Waals surface area (Å²) in [5.41, 5.74) is 0.218. The number of carbonyl (C=O) groups excluding carboxylic acids is 2. The summed E-state index contributed by atoms with van der Waals surface area (Å²) in [7, 11) is 0. The number of carbonyl (C=O) groups is 2. The second-order valence-corrected chi connectivity index (χ2v) is 4.80. The fourth-order valence-electron chi connectivity index (χ4n) is 2.19. The van der Waals surface area contributed by atoms with Crippen LogP contribution in [0.2, 0.25) is 0 Å². The first kappa shape index (κ1) is 11.2. The smallest absolute Gasteiger partial charge is 0.324 e. The molecule has 1 atom stereocenters. The zero-order valence-electron chi connectivity index (χ0n) is 9.66. The van der Waals surface area contributed by atoms with Crippen LogP contribution in [0.1, 0.15) is 32.6 Å². The summed E-state index contributed by atoms with van der Waals surface area (Å²) in [4.78, 5) is 25.0. The van der Waals surface area contributed by atoms with E-state index in [1.54, 1.807) is 6.08 Å². The molecule has 1 saturated carbocycles. The molecule has 0 spiro atoms. The van der Waals surface area contributed by atoms with E-state index in [2.05, 4.69) is 18.8 Å². The van der Waals surface area contributed by atoms with Crippen molar-refractivity contribution in [2.24, 2.45) is 5.41 Å². The highest BCUT2D eigenvalue weighted by atomic mass is 16.2. The van der Waals surface area contributed by atoms with Crippen LogP contribution in [-0.2, 0) is 4.79 Å². The Balaban J connectivity index is 2.02. The molecule has 4 nitrogen and oxygen atoms in total. The highest BCUT2D eigenvalue weighted by Gasteiger charge is 2.47. The minimum absolute atomic E-state index is 0.0929.